The van der Waals surface area contributed by atoms with Crippen LogP contribution in [0.1, 0.15) is 25.0 Å². The minimum Gasteiger partial charge on any atom is -0.457 e. The van der Waals surface area contributed by atoms with Gasteiger partial charge in [0.15, 0.2) is 0 Å². The van der Waals surface area contributed by atoms with Crippen molar-refractivity contribution in [3.05, 3.63) is 139 Å². The fraction of sp³-hybridized carbons (Fsp3) is 0.0811. The molecule has 0 radical (unpaired) electrons. The van der Waals surface area contributed by atoms with Crippen LogP contribution < -0.4 is 4.74 Å². The number of hydrogen-bond donors (Lipinski definition) is 0. The van der Waals surface area contributed by atoms with E-state index >= 15 is 0 Å². The zero-order chi connectivity index (χ0) is 28.3. The topological polar surface area (TPSA) is 39.9 Å². The normalized spacial score (nSPS) is 13.6. The van der Waals surface area contributed by atoms with Crippen LogP contribution in [0.5, 0.6) is 11.5 Å². The number of aromatic nitrogens is 3. The second kappa shape index (κ2) is 9.61. The number of rotatable bonds is 4. The zero-order valence-corrected chi connectivity index (χ0v) is 24.1. The highest BCUT2D eigenvalue weighted by Gasteiger charge is 2.34. The van der Waals surface area contributed by atoms with Gasteiger partial charge in [-0.1, -0.05) is 68.1 Å². The largest absolute Gasteiger partial charge is 0.457 e. The van der Waals surface area contributed by atoms with Crippen molar-refractivity contribution in [1.82, 2.24) is 14.5 Å². The van der Waals surface area contributed by atoms with Gasteiger partial charge < -0.3 is 4.74 Å². The average molecular weight is 562 g/mol. The van der Waals surface area contributed by atoms with Crippen LogP contribution in [0.15, 0.2) is 137 Å². The molecule has 0 N–H and O–H groups in total. The van der Waals surface area contributed by atoms with Gasteiger partial charge in [-0.3, -0.25) is 9.55 Å². The summed E-state index contributed by atoms with van der Waals surface area (Å²) in [5, 5.41) is 2.34. The van der Waals surface area contributed by atoms with Crippen LogP contribution in [0.25, 0.3) is 38.9 Å². The van der Waals surface area contributed by atoms with Gasteiger partial charge in [0.1, 0.15) is 17.1 Å². The van der Waals surface area contributed by atoms with Crippen molar-refractivity contribution in [2.75, 3.05) is 0 Å². The Morgan fingerprint density at radius 3 is 2.33 bits per heavy atom. The number of ether oxygens (including phenoxy) is 1. The molecule has 4 nitrogen and oxygen atoms in total. The standard InChI is InChI=1S/C37H27N3OS/c1-37(2)30-15-3-4-17-34(30)42-35-22-29-28-14-9-19-39-36(28)40(33(29)23-31(35)37)25-11-8-13-27(21-25)41-26-12-7-10-24(20-26)32-16-5-6-18-38-32/h3-23H,1-2H3. The van der Waals surface area contributed by atoms with Crippen LogP contribution in [0.4, 0.5) is 0 Å². The highest BCUT2D eigenvalue weighted by Crippen LogP contribution is 2.51. The van der Waals surface area contributed by atoms with Gasteiger partial charge in [-0.2, -0.15) is 0 Å². The Morgan fingerprint density at radius 1 is 0.643 bits per heavy atom. The monoisotopic (exact) mass is 561 g/mol. The lowest BCUT2D eigenvalue weighted by molar-refractivity contribution is 0.482. The Balaban J connectivity index is 1.25. The second-order valence-electron chi connectivity index (χ2n) is 11.1. The lowest BCUT2D eigenvalue weighted by atomic mass is 9.77. The van der Waals surface area contributed by atoms with E-state index in [2.05, 4.69) is 78.0 Å². The molecule has 0 fully saturated rings. The summed E-state index contributed by atoms with van der Waals surface area (Å²) >= 11 is 1.86. The molecule has 4 heterocycles. The molecule has 0 saturated carbocycles. The van der Waals surface area contributed by atoms with Crippen LogP contribution in [-0.2, 0) is 5.41 Å². The SMILES string of the molecule is CC1(C)c2ccccc2Sc2cc3c4cccnc4n(-c4cccc(Oc5cccc(-c6ccccn6)c5)c4)c3cc21. The highest BCUT2D eigenvalue weighted by atomic mass is 32.2. The molecular formula is C37H27N3OS. The van der Waals surface area contributed by atoms with Crippen LogP contribution in [-0.4, -0.2) is 14.5 Å². The number of fused-ring (bicyclic) bond motifs is 5. The maximum atomic E-state index is 6.40. The first-order chi connectivity index (χ1) is 20.6. The lowest BCUT2D eigenvalue weighted by Crippen LogP contribution is -2.23. The Kier molecular flexibility index (Phi) is 5.69. The van der Waals surface area contributed by atoms with Crippen molar-refractivity contribution >= 4 is 33.7 Å². The number of nitrogens with zero attached hydrogens (tertiary/aromatic N) is 3. The van der Waals surface area contributed by atoms with Crippen molar-refractivity contribution in [3.63, 3.8) is 0 Å². The second-order valence-corrected chi connectivity index (χ2v) is 12.2. The van der Waals surface area contributed by atoms with E-state index in [4.69, 9.17) is 9.72 Å². The molecule has 0 amide bonds. The molecule has 7 aromatic rings. The van der Waals surface area contributed by atoms with Crippen LogP contribution >= 0.6 is 11.8 Å². The molecule has 5 heteroatoms. The maximum absolute atomic E-state index is 6.40. The molecular weight excluding hydrogens is 534 g/mol. The molecule has 0 bridgehead atoms. The van der Waals surface area contributed by atoms with Crippen molar-refractivity contribution in [3.8, 4) is 28.4 Å². The molecule has 0 unspecified atom stereocenters. The molecule has 1 aliphatic rings. The third-order valence-corrected chi connectivity index (χ3v) is 9.32. The van der Waals surface area contributed by atoms with E-state index in [0.29, 0.717) is 0 Å². The van der Waals surface area contributed by atoms with Gasteiger partial charge in [0.05, 0.1) is 16.9 Å². The summed E-state index contributed by atoms with van der Waals surface area (Å²) in [5.74, 6) is 1.53. The molecule has 202 valence electrons. The molecule has 0 aliphatic carbocycles. The van der Waals surface area contributed by atoms with E-state index in [9.17, 15) is 0 Å². The first kappa shape index (κ1) is 24.9. The van der Waals surface area contributed by atoms with Gasteiger partial charge in [0, 0.05) is 50.0 Å². The minimum absolute atomic E-state index is 0.121. The van der Waals surface area contributed by atoms with E-state index in [1.54, 1.807) is 0 Å². The fourth-order valence-corrected chi connectivity index (χ4v) is 7.53. The van der Waals surface area contributed by atoms with E-state index < -0.39 is 0 Å². The summed E-state index contributed by atoms with van der Waals surface area (Å²) in [7, 11) is 0. The van der Waals surface area contributed by atoms with Crippen LogP contribution in [0.2, 0.25) is 0 Å². The Hall–Kier alpha value is -4.87. The number of pyridine rings is 2. The van der Waals surface area contributed by atoms with Crippen LogP contribution in [0.3, 0.4) is 0 Å². The van der Waals surface area contributed by atoms with Crippen molar-refractivity contribution in [1.29, 1.82) is 0 Å². The van der Waals surface area contributed by atoms with E-state index in [1.807, 2.05) is 84.8 Å². The van der Waals surface area contributed by atoms with Gasteiger partial charge in [0.2, 0.25) is 0 Å². The zero-order valence-electron chi connectivity index (χ0n) is 23.3. The average Bonchev–Trinajstić information content (AvgIpc) is 3.35. The lowest BCUT2D eigenvalue weighted by Gasteiger charge is -2.34. The van der Waals surface area contributed by atoms with E-state index in [0.717, 1.165) is 45.0 Å². The minimum atomic E-state index is -0.121. The molecule has 0 spiro atoms. The van der Waals surface area contributed by atoms with E-state index in [-0.39, 0.29) is 5.41 Å². The van der Waals surface area contributed by atoms with E-state index in [1.165, 1.54) is 26.3 Å². The van der Waals surface area contributed by atoms with Gasteiger partial charge in [-0.25, -0.2) is 4.98 Å². The third-order valence-electron chi connectivity index (χ3n) is 8.19. The number of benzene rings is 4. The van der Waals surface area contributed by atoms with Gasteiger partial charge in [-0.15, -0.1) is 0 Å². The van der Waals surface area contributed by atoms with Crippen LogP contribution in [0, 0.1) is 0 Å². The molecule has 8 rings (SSSR count). The summed E-state index contributed by atoms with van der Waals surface area (Å²) < 4.78 is 8.67. The Labute approximate surface area is 248 Å². The van der Waals surface area contributed by atoms with Crippen molar-refractivity contribution in [2.45, 2.75) is 29.1 Å². The summed E-state index contributed by atoms with van der Waals surface area (Å²) in [6.07, 6.45) is 3.68. The van der Waals surface area contributed by atoms with Gasteiger partial charge in [-0.05, 0) is 77.9 Å². The Bertz CT molecular complexity index is 2130. The molecule has 0 atom stereocenters. The third kappa shape index (κ3) is 4.00. The fourth-order valence-electron chi connectivity index (χ4n) is 6.11. The molecule has 3 aromatic heterocycles. The first-order valence-electron chi connectivity index (χ1n) is 14.1. The molecule has 1 aliphatic heterocycles. The number of hydrogen-bond acceptors (Lipinski definition) is 4. The summed E-state index contributed by atoms with van der Waals surface area (Å²) in [6.45, 7) is 4.66. The maximum Gasteiger partial charge on any atom is 0.145 e. The quantitative estimate of drug-likeness (QED) is 0.214. The summed E-state index contributed by atoms with van der Waals surface area (Å²) in [6, 6.07) is 39.9. The summed E-state index contributed by atoms with van der Waals surface area (Å²) in [5.41, 5.74) is 7.60. The molecule has 42 heavy (non-hydrogen) atoms. The highest BCUT2D eigenvalue weighted by molar-refractivity contribution is 7.99. The van der Waals surface area contributed by atoms with Crippen molar-refractivity contribution < 1.29 is 4.74 Å². The van der Waals surface area contributed by atoms with Gasteiger partial charge >= 0.3 is 0 Å². The van der Waals surface area contributed by atoms with Crippen molar-refractivity contribution in [2.24, 2.45) is 0 Å². The molecule has 0 saturated heterocycles. The predicted octanol–water partition coefficient (Wildman–Crippen LogP) is 9.82. The predicted molar refractivity (Wildman–Crippen MR) is 171 cm³/mol. The van der Waals surface area contributed by atoms with Gasteiger partial charge in [0.25, 0.3) is 0 Å². The smallest absolute Gasteiger partial charge is 0.145 e. The summed E-state index contributed by atoms with van der Waals surface area (Å²) in [4.78, 5) is 12.0. The Morgan fingerprint density at radius 2 is 1.45 bits per heavy atom. The first-order valence-corrected chi connectivity index (χ1v) is 14.9. The molecule has 4 aromatic carbocycles.